The maximum atomic E-state index is 6.51. The van der Waals surface area contributed by atoms with Crippen molar-refractivity contribution in [1.82, 2.24) is 15.0 Å². The third kappa shape index (κ3) is 9.48. The maximum Gasteiger partial charge on any atom is 0.164 e. The molecule has 0 saturated carbocycles. The summed E-state index contributed by atoms with van der Waals surface area (Å²) in [5.74, 6) is 1.51. The summed E-state index contributed by atoms with van der Waals surface area (Å²) in [6.07, 6.45) is 0. The molecule has 16 aromatic rings. The van der Waals surface area contributed by atoms with Crippen molar-refractivity contribution in [2.75, 3.05) is 4.90 Å². The van der Waals surface area contributed by atoms with Gasteiger partial charge < -0.3 is 13.7 Å². The summed E-state index contributed by atoms with van der Waals surface area (Å²) in [4.78, 5) is 18.9. The van der Waals surface area contributed by atoms with E-state index in [4.69, 9.17) is 23.8 Å². The quantitative estimate of drug-likeness (QED) is 0.121. The second kappa shape index (κ2) is 21.8. The fourth-order valence-electron chi connectivity index (χ4n) is 12.3. The predicted octanol–water partition coefficient (Wildman–Crippen LogP) is 22.1. The lowest BCUT2D eigenvalue weighted by molar-refractivity contribution is 0.668. The Morgan fingerprint density at radius 1 is 0.207 bits per heavy atom. The lowest BCUT2D eigenvalue weighted by Gasteiger charge is -2.34. The molecule has 16 rings (SSSR count). The highest BCUT2D eigenvalue weighted by Crippen LogP contribution is 2.54. The van der Waals surface area contributed by atoms with Crippen LogP contribution in [0.15, 0.2) is 324 Å². The van der Waals surface area contributed by atoms with Crippen LogP contribution in [-0.2, 0) is 0 Å². The molecule has 0 aliphatic rings. The van der Waals surface area contributed by atoms with E-state index >= 15 is 0 Å². The van der Waals surface area contributed by atoms with Gasteiger partial charge in [-0.1, -0.05) is 255 Å². The van der Waals surface area contributed by atoms with E-state index in [1.165, 1.54) is 0 Å². The highest BCUT2D eigenvalue weighted by molar-refractivity contribution is 6.08. The Bertz CT molecular complexity index is 4880. The number of hydrogen-bond acceptors (Lipinski definition) is 6. The molecule has 6 heteroatoms. The minimum Gasteiger partial charge on any atom is -0.456 e. The van der Waals surface area contributed by atoms with Gasteiger partial charge in [-0.2, -0.15) is 0 Å². The molecule has 0 bridgehead atoms. The normalized spacial score (nSPS) is 11.4. The number of benzene rings is 13. The van der Waals surface area contributed by atoms with Crippen molar-refractivity contribution >= 4 is 60.9 Å². The number of furan rings is 2. The Kier molecular flexibility index (Phi) is 12.8. The first-order valence-electron chi connectivity index (χ1n) is 29.3. The molecule has 0 fully saturated rings. The first-order valence-corrected chi connectivity index (χ1v) is 29.3. The van der Waals surface area contributed by atoms with Crippen molar-refractivity contribution in [2.45, 2.75) is 0 Å². The van der Waals surface area contributed by atoms with Crippen LogP contribution in [-0.4, -0.2) is 15.0 Å². The molecule has 0 N–H and O–H groups in total. The molecule has 0 spiro atoms. The molecule has 0 amide bonds. The van der Waals surface area contributed by atoms with Crippen molar-refractivity contribution in [3.63, 3.8) is 0 Å². The molecule has 408 valence electrons. The number of hydrogen-bond donors (Lipinski definition) is 0. The molecule has 3 aromatic heterocycles. The Morgan fingerprint density at radius 2 is 0.517 bits per heavy atom. The number of rotatable bonds is 12. The van der Waals surface area contributed by atoms with Crippen LogP contribution < -0.4 is 4.90 Å². The second-order valence-corrected chi connectivity index (χ2v) is 21.8. The average molecular weight is 1110 g/mol. The molecule has 13 aromatic carbocycles. The van der Waals surface area contributed by atoms with Gasteiger partial charge >= 0.3 is 0 Å². The predicted molar refractivity (Wildman–Crippen MR) is 358 cm³/mol. The van der Waals surface area contributed by atoms with E-state index in [0.717, 1.165) is 144 Å². The lowest BCUT2D eigenvalue weighted by atomic mass is 9.89. The highest BCUT2D eigenvalue weighted by Gasteiger charge is 2.29. The van der Waals surface area contributed by atoms with Crippen molar-refractivity contribution in [3.05, 3.63) is 315 Å². The molecule has 0 unspecified atom stereocenters. The maximum absolute atomic E-state index is 6.51. The Morgan fingerprint density at radius 3 is 0.908 bits per heavy atom. The van der Waals surface area contributed by atoms with E-state index in [2.05, 4.69) is 272 Å². The number of anilines is 3. The number of nitrogens with zero attached hydrogens (tertiary/aromatic N) is 4. The monoisotopic (exact) mass is 1110 g/mol. The minimum atomic E-state index is 0.504. The molecule has 0 saturated heterocycles. The van der Waals surface area contributed by atoms with Gasteiger partial charge in [0.1, 0.15) is 22.3 Å². The summed E-state index contributed by atoms with van der Waals surface area (Å²) < 4.78 is 13.0. The third-order valence-corrected chi connectivity index (χ3v) is 16.5. The average Bonchev–Trinajstić information content (AvgIpc) is 1.63. The van der Waals surface area contributed by atoms with Crippen LogP contribution in [0.3, 0.4) is 0 Å². The SMILES string of the molecule is c1ccc(-c2ccc(-c3ccccc3)c(N(c3cc(-c4ccccc4)ccc3-c3ccccc3)c3c(-c4ccccc4)cc(-c4nc(-c5ccc6c(c5)oc5ccccc56)nc(-c5ccc6c(c5)oc5ccccc56)n4)cc3-c3ccccc3)c2)cc1. The lowest BCUT2D eigenvalue weighted by Crippen LogP contribution is -2.16. The molecule has 0 aliphatic heterocycles. The van der Waals surface area contributed by atoms with Crippen molar-refractivity contribution < 1.29 is 8.83 Å². The Hall–Kier alpha value is -11.7. The molecule has 0 radical (unpaired) electrons. The van der Waals surface area contributed by atoms with E-state index in [1.54, 1.807) is 0 Å². The van der Waals surface area contributed by atoms with Gasteiger partial charge in [-0.05, 0) is 105 Å². The van der Waals surface area contributed by atoms with Crippen molar-refractivity contribution in [2.24, 2.45) is 0 Å². The fraction of sp³-hybridized carbons (Fsp3) is 0. The first kappa shape index (κ1) is 51.0. The van der Waals surface area contributed by atoms with Gasteiger partial charge in [-0.25, -0.2) is 15.0 Å². The third-order valence-electron chi connectivity index (χ3n) is 16.5. The Balaban J connectivity index is 1.02. The van der Waals surface area contributed by atoms with Crippen LogP contribution in [0.4, 0.5) is 17.1 Å². The second-order valence-electron chi connectivity index (χ2n) is 21.8. The topological polar surface area (TPSA) is 68.2 Å². The van der Waals surface area contributed by atoms with Crippen LogP contribution in [0.2, 0.25) is 0 Å². The molecular weight excluding hydrogens is 1060 g/mol. The van der Waals surface area contributed by atoms with Gasteiger partial charge in [0.05, 0.1) is 17.1 Å². The number of para-hydroxylation sites is 2. The molecule has 6 nitrogen and oxygen atoms in total. The zero-order valence-electron chi connectivity index (χ0n) is 47.1. The van der Waals surface area contributed by atoms with Gasteiger partial charge in [0.15, 0.2) is 17.5 Å². The molecule has 0 aliphatic carbocycles. The van der Waals surface area contributed by atoms with Gasteiger partial charge in [0.2, 0.25) is 0 Å². The highest BCUT2D eigenvalue weighted by atomic mass is 16.3. The van der Waals surface area contributed by atoms with Gasteiger partial charge in [-0.3, -0.25) is 0 Å². The van der Waals surface area contributed by atoms with Crippen LogP contribution in [0.1, 0.15) is 0 Å². The summed E-state index contributed by atoms with van der Waals surface area (Å²) in [6, 6.07) is 112. The molecular formula is C81H52N4O2. The Labute approximate surface area is 503 Å². The van der Waals surface area contributed by atoms with Crippen LogP contribution in [0, 0.1) is 0 Å². The van der Waals surface area contributed by atoms with E-state index in [1.807, 2.05) is 48.5 Å². The van der Waals surface area contributed by atoms with E-state index in [-0.39, 0.29) is 0 Å². The molecule has 3 heterocycles. The first-order chi connectivity index (χ1) is 43.1. The largest absolute Gasteiger partial charge is 0.456 e. The summed E-state index contributed by atoms with van der Waals surface area (Å²) in [5, 5.41) is 4.15. The smallest absolute Gasteiger partial charge is 0.164 e. The minimum absolute atomic E-state index is 0.504. The number of aromatic nitrogens is 3. The van der Waals surface area contributed by atoms with E-state index in [0.29, 0.717) is 17.5 Å². The summed E-state index contributed by atoms with van der Waals surface area (Å²) in [7, 11) is 0. The molecule has 0 atom stereocenters. The standard InChI is InChI=1S/C81H52N4O2/c1-7-23-53(24-8-1)59-39-43-64(55-27-11-3-12-28-55)72(49-59)85(73-50-60(54-25-9-2-10-26-54)40-44-65(73)56-29-13-4-14-30-56)78-70(57-31-15-5-16-32-57)47-63(48-71(78)58-33-17-6-18-34-58)81-83-79(61-41-45-68-66-35-19-21-37-74(66)86-76(68)51-61)82-80(84-81)62-42-46-69-67-36-20-22-38-75(67)87-77(69)52-62/h1-52H. The van der Waals surface area contributed by atoms with Crippen LogP contribution in [0.5, 0.6) is 0 Å². The zero-order valence-corrected chi connectivity index (χ0v) is 47.1. The van der Waals surface area contributed by atoms with E-state index < -0.39 is 0 Å². The van der Waals surface area contributed by atoms with Gasteiger partial charge in [-0.15, -0.1) is 0 Å². The molecule has 87 heavy (non-hydrogen) atoms. The van der Waals surface area contributed by atoms with Crippen LogP contribution >= 0.6 is 0 Å². The fourth-order valence-corrected chi connectivity index (χ4v) is 12.3. The zero-order chi connectivity index (χ0) is 57.6. The summed E-state index contributed by atoms with van der Waals surface area (Å²) >= 11 is 0. The van der Waals surface area contributed by atoms with Crippen molar-refractivity contribution in [1.29, 1.82) is 0 Å². The van der Waals surface area contributed by atoms with E-state index in [9.17, 15) is 0 Å². The summed E-state index contributed by atoms with van der Waals surface area (Å²) in [5.41, 5.74) is 21.2. The van der Waals surface area contributed by atoms with Crippen LogP contribution in [0.25, 0.3) is 145 Å². The van der Waals surface area contributed by atoms with Crippen molar-refractivity contribution in [3.8, 4) is 101 Å². The number of fused-ring (bicyclic) bond motifs is 6. The summed E-state index contributed by atoms with van der Waals surface area (Å²) in [6.45, 7) is 0. The van der Waals surface area contributed by atoms with Gasteiger partial charge in [0, 0.05) is 60.5 Å². The van der Waals surface area contributed by atoms with Gasteiger partial charge in [0.25, 0.3) is 0 Å².